The number of hydrogen-bond donors (Lipinski definition) is 2. The fourth-order valence-corrected chi connectivity index (χ4v) is 3.71. The van der Waals surface area contributed by atoms with Crippen molar-refractivity contribution in [1.29, 1.82) is 0 Å². The topological polar surface area (TPSA) is 82.3 Å². The molecule has 2 N–H and O–H groups in total. The molecule has 0 aliphatic heterocycles. The van der Waals surface area contributed by atoms with E-state index in [1.165, 1.54) is 32.3 Å². The zero-order chi connectivity index (χ0) is 18.9. The van der Waals surface area contributed by atoms with E-state index in [2.05, 4.69) is 10.3 Å². The number of fused-ring (bicyclic) bond motifs is 1. The molecule has 136 valence electrons. The number of nitrogens with one attached hydrogen (secondary N) is 2. The monoisotopic (exact) mass is 375 g/mol. The smallest absolute Gasteiger partial charge is 0.267 e. The van der Waals surface area contributed by atoms with Crippen LogP contribution in [-0.2, 0) is 16.6 Å². The molecule has 0 unspecified atom stereocenters. The van der Waals surface area contributed by atoms with E-state index in [0.29, 0.717) is 16.5 Å². The molecule has 1 amide bonds. The van der Waals surface area contributed by atoms with Gasteiger partial charge < -0.3 is 10.3 Å². The standard InChI is InChI=1S/C18H18FN3O3S/c1-22(2)26(24,25)17-6-4-3-5-12(17)11-20-18(23)16-10-13-9-14(19)7-8-15(13)21-16/h3-10,21H,11H2,1-2H3,(H,20,23). The van der Waals surface area contributed by atoms with Crippen molar-refractivity contribution < 1.29 is 17.6 Å². The first-order valence-electron chi connectivity index (χ1n) is 7.86. The Balaban J connectivity index is 1.81. The maximum Gasteiger partial charge on any atom is 0.267 e. The summed E-state index contributed by atoms with van der Waals surface area (Å²) in [5.74, 6) is -0.787. The van der Waals surface area contributed by atoms with E-state index in [9.17, 15) is 17.6 Å². The van der Waals surface area contributed by atoms with Gasteiger partial charge in [0.25, 0.3) is 5.91 Å². The van der Waals surface area contributed by atoms with Crippen LogP contribution in [0.1, 0.15) is 16.1 Å². The zero-order valence-electron chi connectivity index (χ0n) is 14.3. The Morgan fingerprint density at radius 1 is 1.15 bits per heavy atom. The number of nitrogens with zero attached hydrogens (tertiary/aromatic N) is 1. The minimum atomic E-state index is -3.61. The SMILES string of the molecule is CN(C)S(=O)(=O)c1ccccc1CNC(=O)c1cc2cc(F)ccc2[nH]1. The van der Waals surface area contributed by atoms with E-state index in [0.717, 1.165) is 4.31 Å². The van der Waals surface area contributed by atoms with Crippen molar-refractivity contribution in [2.45, 2.75) is 11.4 Å². The van der Waals surface area contributed by atoms with E-state index in [1.54, 1.807) is 30.3 Å². The van der Waals surface area contributed by atoms with Crippen LogP contribution in [0.3, 0.4) is 0 Å². The van der Waals surface area contributed by atoms with Crippen LogP contribution < -0.4 is 5.32 Å². The lowest BCUT2D eigenvalue weighted by atomic mass is 10.2. The second-order valence-electron chi connectivity index (χ2n) is 5.99. The van der Waals surface area contributed by atoms with Gasteiger partial charge in [-0.2, -0.15) is 0 Å². The van der Waals surface area contributed by atoms with Gasteiger partial charge in [0.05, 0.1) is 4.90 Å². The minimum Gasteiger partial charge on any atom is -0.351 e. The highest BCUT2D eigenvalue weighted by Gasteiger charge is 2.21. The molecule has 26 heavy (non-hydrogen) atoms. The Kier molecular flexibility index (Phi) is 4.80. The molecule has 0 saturated heterocycles. The molecule has 0 aliphatic rings. The normalized spacial score (nSPS) is 11.8. The Morgan fingerprint density at radius 2 is 1.88 bits per heavy atom. The summed E-state index contributed by atoms with van der Waals surface area (Å²) in [7, 11) is -0.707. The molecule has 0 aliphatic carbocycles. The lowest BCUT2D eigenvalue weighted by molar-refractivity contribution is 0.0946. The summed E-state index contributed by atoms with van der Waals surface area (Å²) in [6.45, 7) is 0.0474. The molecular formula is C18H18FN3O3S. The molecule has 6 nitrogen and oxygen atoms in total. The second-order valence-corrected chi connectivity index (χ2v) is 8.11. The van der Waals surface area contributed by atoms with E-state index < -0.39 is 15.9 Å². The minimum absolute atomic E-state index is 0.0474. The number of carbonyl (C=O) groups is 1. The third-order valence-electron chi connectivity index (χ3n) is 4.00. The van der Waals surface area contributed by atoms with E-state index in [4.69, 9.17) is 0 Å². The average Bonchev–Trinajstić information content (AvgIpc) is 3.03. The number of rotatable bonds is 5. The lowest BCUT2D eigenvalue weighted by Gasteiger charge is -2.15. The van der Waals surface area contributed by atoms with Crippen LogP contribution in [0.4, 0.5) is 4.39 Å². The van der Waals surface area contributed by atoms with Gasteiger partial charge in [-0.1, -0.05) is 18.2 Å². The lowest BCUT2D eigenvalue weighted by Crippen LogP contribution is -2.27. The molecule has 1 aromatic heterocycles. The Morgan fingerprint density at radius 3 is 2.62 bits per heavy atom. The van der Waals surface area contributed by atoms with Gasteiger partial charge in [-0.15, -0.1) is 0 Å². The van der Waals surface area contributed by atoms with Gasteiger partial charge in [-0.25, -0.2) is 17.1 Å². The van der Waals surface area contributed by atoms with Crippen LogP contribution in [0.15, 0.2) is 53.4 Å². The van der Waals surface area contributed by atoms with Crippen LogP contribution in [-0.4, -0.2) is 37.7 Å². The van der Waals surface area contributed by atoms with Gasteiger partial charge in [0.1, 0.15) is 11.5 Å². The Labute approximate surface area is 150 Å². The fourth-order valence-electron chi connectivity index (χ4n) is 2.59. The Hall–Kier alpha value is -2.71. The number of benzene rings is 2. The first kappa shape index (κ1) is 18.1. The number of aromatic amines is 1. The summed E-state index contributed by atoms with van der Waals surface area (Å²) < 4.78 is 39.2. The fraction of sp³-hybridized carbons (Fsp3) is 0.167. The second kappa shape index (κ2) is 6.89. The molecule has 3 aromatic rings. The van der Waals surface area contributed by atoms with Crippen LogP contribution in [0, 0.1) is 5.82 Å². The van der Waals surface area contributed by atoms with Crippen molar-refractivity contribution in [2.75, 3.05) is 14.1 Å². The molecule has 0 radical (unpaired) electrons. The third kappa shape index (κ3) is 3.47. The van der Waals surface area contributed by atoms with Crippen molar-refractivity contribution in [2.24, 2.45) is 0 Å². The number of carbonyl (C=O) groups excluding carboxylic acids is 1. The number of halogens is 1. The van der Waals surface area contributed by atoms with Gasteiger partial charge in [-0.05, 0) is 35.9 Å². The van der Waals surface area contributed by atoms with E-state index in [1.807, 2.05) is 0 Å². The quantitative estimate of drug-likeness (QED) is 0.719. The average molecular weight is 375 g/mol. The molecule has 0 atom stereocenters. The Bertz CT molecular complexity index is 1070. The van der Waals surface area contributed by atoms with Gasteiger partial charge in [0, 0.05) is 31.5 Å². The molecule has 0 saturated carbocycles. The summed E-state index contributed by atoms with van der Waals surface area (Å²) >= 11 is 0. The highest BCUT2D eigenvalue weighted by atomic mass is 32.2. The molecule has 0 bridgehead atoms. The number of aromatic nitrogens is 1. The largest absolute Gasteiger partial charge is 0.351 e. The zero-order valence-corrected chi connectivity index (χ0v) is 15.1. The van der Waals surface area contributed by atoms with Gasteiger partial charge in [-0.3, -0.25) is 4.79 Å². The van der Waals surface area contributed by atoms with E-state index in [-0.39, 0.29) is 23.0 Å². The van der Waals surface area contributed by atoms with E-state index >= 15 is 0 Å². The summed E-state index contributed by atoms with van der Waals surface area (Å²) in [6, 6.07) is 12.2. The molecule has 8 heteroatoms. The summed E-state index contributed by atoms with van der Waals surface area (Å²) in [6.07, 6.45) is 0. The van der Waals surface area contributed by atoms with Crippen LogP contribution in [0.25, 0.3) is 10.9 Å². The molecular weight excluding hydrogens is 357 g/mol. The van der Waals surface area contributed by atoms with Crippen molar-refractivity contribution in [1.82, 2.24) is 14.6 Å². The third-order valence-corrected chi connectivity index (χ3v) is 5.91. The molecule has 1 heterocycles. The van der Waals surface area contributed by atoms with Gasteiger partial charge in [0.15, 0.2) is 0 Å². The van der Waals surface area contributed by atoms with Gasteiger partial charge in [0.2, 0.25) is 10.0 Å². The van der Waals surface area contributed by atoms with Crippen LogP contribution in [0.5, 0.6) is 0 Å². The molecule has 3 rings (SSSR count). The number of H-pyrrole nitrogens is 1. The first-order chi connectivity index (χ1) is 12.3. The van der Waals surface area contributed by atoms with Gasteiger partial charge >= 0.3 is 0 Å². The molecule has 0 fully saturated rings. The molecule has 0 spiro atoms. The number of hydrogen-bond acceptors (Lipinski definition) is 3. The number of sulfonamides is 1. The predicted octanol–water partition coefficient (Wildman–Crippen LogP) is 2.49. The number of amides is 1. The van der Waals surface area contributed by atoms with Crippen LogP contribution >= 0.6 is 0 Å². The van der Waals surface area contributed by atoms with Crippen molar-refractivity contribution in [3.8, 4) is 0 Å². The van der Waals surface area contributed by atoms with Crippen molar-refractivity contribution in [3.63, 3.8) is 0 Å². The van der Waals surface area contributed by atoms with Crippen molar-refractivity contribution >= 4 is 26.8 Å². The summed E-state index contributed by atoms with van der Waals surface area (Å²) in [5.41, 5.74) is 1.40. The maximum absolute atomic E-state index is 13.3. The summed E-state index contributed by atoms with van der Waals surface area (Å²) in [4.78, 5) is 15.4. The molecule has 2 aromatic carbocycles. The highest BCUT2D eigenvalue weighted by molar-refractivity contribution is 7.89. The summed E-state index contributed by atoms with van der Waals surface area (Å²) in [5, 5.41) is 3.28. The first-order valence-corrected chi connectivity index (χ1v) is 9.30. The predicted molar refractivity (Wildman–Crippen MR) is 96.7 cm³/mol. The maximum atomic E-state index is 13.3. The van der Waals surface area contributed by atoms with Crippen molar-refractivity contribution in [3.05, 3.63) is 65.6 Å². The highest BCUT2D eigenvalue weighted by Crippen LogP contribution is 2.19. The van der Waals surface area contributed by atoms with Crippen LogP contribution in [0.2, 0.25) is 0 Å².